The van der Waals surface area contributed by atoms with Gasteiger partial charge in [-0.1, -0.05) is 15.9 Å². The third-order valence-corrected chi connectivity index (χ3v) is 6.74. The Morgan fingerprint density at radius 3 is 2.53 bits per heavy atom. The Morgan fingerprint density at radius 2 is 2.00 bits per heavy atom. The largest absolute Gasteiger partial charge is 0.296 e. The highest BCUT2D eigenvalue weighted by Crippen LogP contribution is 2.14. The molecule has 96 valence electrons. The quantitative estimate of drug-likeness (QED) is 0.782. The van der Waals surface area contributed by atoms with Crippen LogP contribution in [0.4, 0.5) is 0 Å². The van der Waals surface area contributed by atoms with E-state index in [-0.39, 0.29) is 4.66 Å². The van der Waals surface area contributed by atoms with Crippen LogP contribution in [-0.4, -0.2) is 48.5 Å². The van der Waals surface area contributed by atoms with Crippen molar-refractivity contribution < 1.29 is 8.42 Å². The number of hydrogen-bond donors (Lipinski definition) is 0. The lowest BCUT2D eigenvalue weighted by Crippen LogP contribution is -2.48. The molecule has 17 heavy (non-hydrogen) atoms. The van der Waals surface area contributed by atoms with Gasteiger partial charge in [0.25, 0.3) is 0 Å². The molecule has 7 heteroatoms. The van der Waals surface area contributed by atoms with Crippen LogP contribution in [0.1, 0.15) is 5.56 Å². The number of thiophene rings is 1. The Balaban J connectivity index is 1.86. The van der Waals surface area contributed by atoms with Gasteiger partial charge in [0.2, 0.25) is 10.0 Å². The highest BCUT2D eigenvalue weighted by molar-refractivity contribution is 9.10. The maximum Gasteiger partial charge on any atom is 0.224 e. The zero-order valence-electron chi connectivity index (χ0n) is 9.38. The van der Waals surface area contributed by atoms with Gasteiger partial charge in [-0.3, -0.25) is 4.90 Å². The maximum atomic E-state index is 11.6. The van der Waals surface area contributed by atoms with E-state index in [0.717, 1.165) is 19.6 Å². The van der Waals surface area contributed by atoms with Gasteiger partial charge in [-0.2, -0.15) is 15.6 Å². The average Bonchev–Trinajstić information content (AvgIpc) is 2.83. The van der Waals surface area contributed by atoms with Gasteiger partial charge in [0.15, 0.2) is 0 Å². The summed E-state index contributed by atoms with van der Waals surface area (Å²) in [5, 5.41) is 4.21. The fraction of sp³-hybridized carbons (Fsp3) is 0.600. The predicted octanol–water partition coefficient (Wildman–Crippen LogP) is 1.55. The SMILES string of the molecule is O=S(=O)(CBr)N1CCN(Cc2ccsc2)CC1. The summed E-state index contributed by atoms with van der Waals surface area (Å²) in [7, 11) is -3.08. The van der Waals surface area contributed by atoms with Gasteiger partial charge in [0.1, 0.15) is 4.66 Å². The molecule has 1 aromatic heterocycles. The summed E-state index contributed by atoms with van der Waals surface area (Å²) in [6, 6.07) is 2.12. The lowest BCUT2D eigenvalue weighted by molar-refractivity contribution is 0.182. The van der Waals surface area contributed by atoms with Crippen LogP contribution in [0.5, 0.6) is 0 Å². The van der Waals surface area contributed by atoms with Crippen molar-refractivity contribution in [3.8, 4) is 0 Å². The lowest BCUT2D eigenvalue weighted by atomic mass is 10.3. The molecular weight excluding hydrogens is 324 g/mol. The molecule has 0 amide bonds. The molecule has 4 nitrogen and oxygen atoms in total. The van der Waals surface area contributed by atoms with E-state index in [1.165, 1.54) is 5.56 Å². The second-order valence-corrected chi connectivity index (χ2v) is 8.08. The van der Waals surface area contributed by atoms with Crippen molar-refractivity contribution in [1.82, 2.24) is 9.21 Å². The summed E-state index contributed by atoms with van der Waals surface area (Å²) in [6.07, 6.45) is 0. The molecule has 0 N–H and O–H groups in total. The summed E-state index contributed by atoms with van der Waals surface area (Å²) in [5.41, 5.74) is 1.31. The normalized spacial score (nSPS) is 19.6. The van der Waals surface area contributed by atoms with E-state index >= 15 is 0 Å². The van der Waals surface area contributed by atoms with E-state index in [4.69, 9.17) is 0 Å². The molecule has 0 atom stereocenters. The van der Waals surface area contributed by atoms with Crippen LogP contribution in [0.2, 0.25) is 0 Å². The second-order valence-electron chi connectivity index (χ2n) is 4.03. The molecule has 0 unspecified atom stereocenters. The molecule has 1 saturated heterocycles. The topological polar surface area (TPSA) is 40.6 Å². The fourth-order valence-corrected chi connectivity index (χ4v) is 4.26. The van der Waals surface area contributed by atoms with Crippen LogP contribution in [0.15, 0.2) is 16.8 Å². The first-order valence-corrected chi connectivity index (χ1v) is 9.06. The molecule has 0 bridgehead atoms. The third kappa shape index (κ3) is 3.51. The minimum atomic E-state index is -3.08. The highest BCUT2D eigenvalue weighted by atomic mass is 79.9. The highest BCUT2D eigenvalue weighted by Gasteiger charge is 2.25. The van der Waals surface area contributed by atoms with Gasteiger partial charge < -0.3 is 0 Å². The molecule has 0 aromatic carbocycles. The number of rotatable bonds is 4. The first kappa shape index (κ1) is 13.5. The number of alkyl halides is 1. The molecule has 0 saturated carbocycles. The lowest BCUT2D eigenvalue weighted by Gasteiger charge is -2.33. The second kappa shape index (κ2) is 5.79. The molecule has 1 aliphatic rings. The Morgan fingerprint density at radius 1 is 1.29 bits per heavy atom. The van der Waals surface area contributed by atoms with E-state index in [0.29, 0.717) is 13.1 Å². The van der Waals surface area contributed by atoms with Gasteiger partial charge >= 0.3 is 0 Å². The monoisotopic (exact) mass is 338 g/mol. The number of nitrogens with zero attached hydrogens (tertiary/aromatic N) is 2. The van der Waals surface area contributed by atoms with Crippen molar-refractivity contribution in [2.45, 2.75) is 6.54 Å². The van der Waals surface area contributed by atoms with E-state index in [2.05, 4.69) is 37.7 Å². The Kier molecular flexibility index (Phi) is 4.59. The van der Waals surface area contributed by atoms with Crippen molar-refractivity contribution in [3.63, 3.8) is 0 Å². The number of hydrogen-bond acceptors (Lipinski definition) is 4. The van der Waals surface area contributed by atoms with Crippen LogP contribution >= 0.6 is 27.3 Å². The van der Waals surface area contributed by atoms with Gasteiger partial charge in [-0.25, -0.2) is 8.42 Å². The average molecular weight is 339 g/mol. The summed E-state index contributed by atoms with van der Waals surface area (Å²) < 4.78 is 24.9. The smallest absolute Gasteiger partial charge is 0.224 e. The molecule has 2 rings (SSSR count). The van der Waals surface area contributed by atoms with Gasteiger partial charge in [0, 0.05) is 32.7 Å². The Bertz CT molecular complexity index is 439. The predicted molar refractivity (Wildman–Crippen MR) is 73.9 cm³/mol. The Hall–Kier alpha value is 0.0500. The van der Waals surface area contributed by atoms with E-state index in [1.807, 2.05) is 0 Å². The first-order valence-electron chi connectivity index (χ1n) is 5.39. The van der Waals surface area contributed by atoms with E-state index in [1.54, 1.807) is 15.6 Å². The number of halogens is 1. The van der Waals surface area contributed by atoms with Crippen molar-refractivity contribution in [2.75, 3.05) is 30.8 Å². The van der Waals surface area contributed by atoms with Crippen LogP contribution in [0.25, 0.3) is 0 Å². The Labute approximate surface area is 114 Å². The molecular formula is C10H15BrN2O2S2. The first-order chi connectivity index (χ1) is 8.12. The third-order valence-electron chi connectivity index (χ3n) is 2.85. The molecule has 2 heterocycles. The minimum absolute atomic E-state index is 0.0184. The molecule has 0 radical (unpaired) electrons. The molecule has 0 aliphatic carbocycles. The van der Waals surface area contributed by atoms with Crippen molar-refractivity contribution in [2.24, 2.45) is 0 Å². The van der Waals surface area contributed by atoms with Crippen LogP contribution in [0, 0.1) is 0 Å². The molecule has 1 fully saturated rings. The summed E-state index contributed by atoms with van der Waals surface area (Å²) in [6.45, 7) is 3.73. The zero-order valence-corrected chi connectivity index (χ0v) is 12.6. The van der Waals surface area contributed by atoms with Crippen LogP contribution in [-0.2, 0) is 16.6 Å². The van der Waals surface area contributed by atoms with Crippen molar-refractivity contribution >= 4 is 37.3 Å². The fourth-order valence-electron chi connectivity index (χ4n) is 1.88. The van der Waals surface area contributed by atoms with Crippen LogP contribution in [0.3, 0.4) is 0 Å². The summed E-state index contributed by atoms with van der Waals surface area (Å²) >= 11 is 4.73. The molecule has 0 spiro atoms. The van der Waals surface area contributed by atoms with Gasteiger partial charge in [-0.05, 0) is 22.4 Å². The van der Waals surface area contributed by atoms with Gasteiger partial charge in [0.05, 0.1) is 0 Å². The summed E-state index contributed by atoms with van der Waals surface area (Å²) in [5.74, 6) is 0. The number of sulfonamides is 1. The zero-order chi connectivity index (χ0) is 12.3. The van der Waals surface area contributed by atoms with E-state index < -0.39 is 10.0 Å². The van der Waals surface area contributed by atoms with Crippen molar-refractivity contribution in [1.29, 1.82) is 0 Å². The molecule has 1 aromatic rings. The minimum Gasteiger partial charge on any atom is -0.296 e. The maximum absolute atomic E-state index is 11.6. The van der Waals surface area contributed by atoms with E-state index in [9.17, 15) is 8.42 Å². The molecule has 1 aliphatic heterocycles. The van der Waals surface area contributed by atoms with Gasteiger partial charge in [-0.15, -0.1) is 0 Å². The standard InChI is InChI=1S/C10H15BrN2O2S2/c11-9-17(14,15)13-4-2-12(3-5-13)7-10-1-6-16-8-10/h1,6,8H,2-5,7,9H2. The van der Waals surface area contributed by atoms with Crippen LogP contribution < -0.4 is 0 Å². The van der Waals surface area contributed by atoms with Crippen molar-refractivity contribution in [3.05, 3.63) is 22.4 Å². The number of piperazine rings is 1. The summed E-state index contributed by atoms with van der Waals surface area (Å²) in [4.78, 5) is 2.29.